The molecule has 5 heteroatoms. The van der Waals surface area contributed by atoms with Crippen LogP contribution in [0, 0.1) is 5.82 Å². The summed E-state index contributed by atoms with van der Waals surface area (Å²) in [6, 6.07) is 4.65. The smallest absolute Gasteiger partial charge is 0.162 e. The van der Waals surface area contributed by atoms with Gasteiger partial charge in [0.25, 0.3) is 0 Å². The van der Waals surface area contributed by atoms with E-state index in [0.29, 0.717) is 10.5 Å². The number of thioether (sulfide) groups is 1. The van der Waals surface area contributed by atoms with Gasteiger partial charge < -0.3 is 0 Å². The van der Waals surface area contributed by atoms with Crippen molar-refractivity contribution < 1.29 is 4.39 Å². The maximum absolute atomic E-state index is 13.2. The molecule has 14 heavy (non-hydrogen) atoms. The normalized spacial score (nSPS) is 10.8. The summed E-state index contributed by atoms with van der Waals surface area (Å²) in [4.78, 5) is 8.14. The van der Waals surface area contributed by atoms with Crippen LogP contribution in [0.5, 0.6) is 0 Å². The van der Waals surface area contributed by atoms with Gasteiger partial charge >= 0.3 is 0 Å². The zero-order chi connectivity index (χ0) is 10.1. The van der Waals surface area contributed by atoms with Crippen molar-refractivity contribution in [3.63, 3.8) is 0 Å². The number of benzene rings is 1. The Labute approximate surface area is 89.5 Å². The van der Waals surface area contributed by atoms with Crippen molar-refractivity contribution in [3.05, 3.63) is 29.2 Å². The Bertz CT molecular complexity index is 489. The highest BCUT2D eigenvalue weighted by atomic mass is 35.5. The lowest BCUT2D eigenvalue weighted by Gasteiger charge is -2.02. The third kappa shape index (κ3) is 1.55. The molecule has 0 fully saturated rings. The molecule has 0 amide bonds. The van der Waals surface area contributed by atoms with Gasteiger partial charge in [-0.15, -0.1) is 11.8 Å². The molecule has 2 aromatic rings. The molecule has 0 aliphatic heterocycles. The number of fused-ring (bicyclic) bond motifs is 1. The first-order valence-electron chi connectivity index (χ1n) is 3.88. The first-order chi connectivity index (χ1) is 6.72. The van der Waals surface area contributed by atoms with Crippen molar-refractivity contribution in [2.45, 2.75) is 5.03 Å². The lowest BCUT2D eigenvalue weighted by atomic mass is 10.3. The molecule has 0 aliphatic rings. The van der Waals surface area contributed by atoms with E-state index in [1.807, 2.05) is 6.26 Å². The fourth-order valence-corrected chi connectivity index (χ4v) is 1.90. The number of nitrogens with zero attached hydrogens (tertiary/aromatic N) is 2. The highest BCUT2D eigenvalue weighted by Crippen LogP contribution is 2.24. The predicted octanol–water partition coefficient (Wildman–Crippen LogP) is 3.14. The Morgan fingerprint density at radius 2 is 2.14 bits per heavy atom. The molecular formula is C9H6ClFN2S. The maximum Gasteiger partial charge on any atom is 0.162 e. The van der Waals surface area contributed by atoms with Crippen LogP contribution in [-0.2, 0) is 0 Å². The second-order valence-electron chi connectivity index (χ2n) is 2.63. The molecule has 1 aromatic heterocycles. The summed E-state index contributed by atoms with van der Waals surface area (Å²) in [6.45, 7) is 0. The Kier molecular flexibility index (Phi) is 2.56. The molecule has 72 valence electrons. The van der Waals surface area contributed by atoms with Gasteiger partial charge in [0, 0.05) is 0 Å². The molecule has 0 aliphatic carbocycles. The van der Waals surface area contributed by atoms with Gasteiger partial charge in [0.15, 0.2) is 11.0 Å². The summed E-state index contributed by atoms with van der Waals surface area (Å²) in [5.74, 6) is -0.399. The van der Waals surface area contributed by atoms with Crippen molar-refractivity contribution in [1.82, 2.24) is 9.97 Å². The van der Waals surface area contributed by atoms with E-state index < -0.39 is 5.82 Å². The predicted molar refractivity (Wildman–Crippen MR) is 56.3 cm³/mol. The fraction of sp³-hybridized carbons (Fsp3) is 0.111. The maximum atomic E-state index is 13.2. The van der Waals surface area contributed by atoms with Crippen LogP contribution in [0.3, 0.4) is 0 Å². The fourth-order valence-electron chi connectivity index (χ4n) is 1.14. The van der Waals surface area contributed by atoms with Crippen LogP contribution in [0.2, 0.25) is 5.15 Å². The molecule has 0 saturated carbocycles. The monoisotopic (exact) mass is 228 g/mol. The Morgan fingerprint density at radius 3 is 2.86 bits per heavy atom. The summed E-state index contributed by atoms with van der Waals surface area (Å²) in [6.07, 6.45) is 1.85. The number of hydrogen-bond acceptors (Lipinski definition) is 3. The van der Waals surface area contributed by atoms with E-state index in [1.165, 1.54) is 17.8 Å². The van der Waals surface area contributed by atoms with E-state index in [1.54, 1.807) is 12.1 Å². The van der Waals surface area contributed by atoms with Crippen LogP contribution in [0.1, 0.15) is 0 Å². The van der Waals surface area contributed by atoms with Gasteiger partial charge in [-0.25, -0.2) is 14.4 Å². The summed E-state index contributed by atoms with van der Waals surface area (Å²) < 4.78 is 13.2. The second-order valence-corrected chi connectivity index (χ2v) is 3.78. The van der Waals surface area contributed by atoms with Crippen LogP contribution in [-0.4, -0.2) is 16.2 Å². The van der Waals surface area contributed by atoms with E-state index in [9.17, 15) is 4.39 Å². The summed E-state index contributed by atoms with van der Waals surface area (Å²) >= 11 is 7.20. The number of aromatic nitrogens is 2. The minimum atomic E-state index is -0.399. The number of rotatable bonds is 1. The molecular weight excluding hydrogens is 223 g/mol. The third-order valence-corrected chi connectivity index (χ3v) is 2.81. The largest absolute Gasteiger partial charge is 0.236 e. The first-order valence-corrected chi connectivity index (χ1v) is 5.48. The van der Waals surface area contributed by atoms with Crippen molar-refractivity contribution >= 4 is 34.4 Å². The number of para-hydroxylation sites is 1. The quantitative estimate of drug-likeness (QED) is 0.702. The molecule has 1 heterocycles. The third-order valence-electron chi connectivity index (χ3n) is 1.77. The molecule has 0 saturated heterocycles. The van der Waals surface area contributed by atoms with Crippen molar-refractivity contribution in [2.75, 3.05) is 6.26 Å². The van der Waals surface area contributed by atoms with Crippen LogP contribution < -0.4 is 0 Å². The number of hydrogen-bond donors (Lipinski definition) is 0. The lowest BCUT2D eigenvalue weighted by Crippen LogP contribution is -1.91. The van der Waals surface area contributed by atoms with Crippen molar-refractivity contribution in [1.29, 1.82) is 0 Å². The molecule has 1 aromatic carbocycles. The van der Waals surface area contributed by atoms with Gasteiger partial charge in [-0.3, -0.25) is 0 Å². The highest BCUT2D eigenvalue weighted by Gasteiger charge is 2.08. The van der Waals surface area contributed by atoms with Gasteiger partial charge in [0.05, 0.1) is 5.52 Å². The van der Waals surface area contributed by atoms with E-state index in [4.69, 9.17) is 11.6 Å². The van der Waals surface area contributed by atoms with Gasteiger partial charge in [-0.1, -0.05) is 17.7 Å². The molecule has 2 nitrogen and oxygen atoms in total. The molecule has 0 atom stereocenters. The SMILES string of the molecule is CSc1nc2cccc(F)c2nc1Cl. The van der Waals surface area contributed by atoms with Crippen molar-refractivity contribution in [2.24, 2.45) is 0 Å². The minimum Gasteiger partial charge on any atom is -0.236 e. The number of halogens is 2. The molecule has 0 radical (unpaired) electrons. The molecule has 0 bridgehead atoms. The lowest BCUT2D eigenvalue weighted by molar-refractivity contribution is 0.636. The van der Waals surface area contributed by atoms with Gasteiger partial charge in [-0.2, -0.15) is 0 Å². The minimum absolute atomic E-state index is 0.218. The van der Waals surface area contributed by atoms with Gasteiger partial charge in [-0.05, 0) is 18.4 Å². The van der Waals surface area contributed by atoms with E-state index in [0.717, 1.165) is 0 Å². The molecule has 0 N–H and O–H groups in total. The van der Waals surface area contributed by atoms with Crippen molar-refractivity contribution in [3.8, 4) is 0 Å². The summed E-state index contributed by atoms with van der Waals surface area (Å²) in [5, 5.41) is 0.861. The molecule has 0 spiro atoms. The van der Waals surface area contributed by atoms with Crippen LogP contribution in [0.4, 0.5) is 4.39 Å². The zero-order valence-corrected chi connectivity index (χ0v) is 8.86. The average molecular weight is 229 g/mol. The van der Waals surface area contributed by atoms with E-state index >= 15 is 0 Å². The Morgan fingerprint density at radius 1 is 1.36 bits per heavy atom. The Balaban J connectivity index is 2.79. The highest BCUT2D eigenvalue weighted by molar-refractivity contribution is 7.98. The average Bonchev–Trinajstić information content (AvgIpc) is 2.19. The van der Waals surface area contributed by atoms with Crippen LogP contribution in [0.15, 0.2) is 23.2 Å². The van der Waals surface area contributed by atoms with Gasteiger partial charge in [0.1, 0.15) is 10.5 Å². The van der Waals surface area contributed by atoms with E-state index in [-0.39, 0.29) is 10.7 Å². The van der Waals surface area contributed by atoms with Crippen LogP contribution >= 0.6 is 23.4 Å². The standard InChI is InChI=1S/C9H6ClFN2S/c1-14-9-8(10)13-7-5(11)3-2-4-6(7)12-9/h2-4H,1H3. The topological polar surface area (TPSA) is 25.8 Å². The molecule has 0 unspecified atom stereocenters. The first kappa shape index (κ1) is 9.68. The second kappa shape index (κ2) is 3.71. The van der Waals surface area contributed by atoms with E-state index in [2.05, 4.69) is 9.97 Å². The van der Waals surface area contributed by atoms with Crippen LogP contribution in [0.25, 0.3) is 11.0 Å². The van der Waals surface area contributed by atoms with Gasteiger partial charge in [0.2, 0.25) is 0 Å². The zero-order valence-electron chi connectivity index (χ0n) is 7.29. The molecule has 2 rings (SSSR count). The summed E-state index contributed by atoms with van der Waals surface area (Å²) in [7, 11) is 0. The Hall–Kier alpha value is -0.870. The summed E-state index contributed by atoms with van der Waals surface area (Å²) in [5.41, 5.74) is 0.744.